The molecule has 0 unspecified atom stereocenters. The Morgan fingerprint density at radius 3 is 1.60 bits per heavy atom. The van der Waals surface area contributed by atoms with Crippen LogP contribution in [0, 0.1) is 0 Å². The Bertz CT molecular complexity index is 997. The van der Waals surface area contributed by atoms with E-state index in [4.69, 9.17) is 47.4 Å². The van der Waals surface area contributed by atoms with E-state index in [0.29, 0.717) is 112 Å². The summed E-state index contributed by atoms with van der Waals surface area (Å²) in [4.78, 5) is 0. The van der Waals surface area contributed by atoms with Crippen molar-refractivity contribution in [3.8, 4) is 11.5 Å². The fourth-order valence-corrected chi connectivity index (χ4v) is 4.47. The molecule has 0 atom stereocenters. The molecule has 0 saturated carbocycles. The minimum Gasteiger partial charge on any atom is -0.495 e. The van der Waals surface area contributed by atoms with E-state index >= 15 is 0 Å². The average molecular weight is 591 g/mol. The van der Waals surface area contributed by atoms with Crippen LogP contribution in [0.3, 0.4) is 0 Å². The van der Waals surface area contributed by atoms with E-state index in [1.54, 1.807) is 0 Å². The molecule has 6 bridgehead atoms. The van der Waals surface area contributed by atoms with Gasteiger partial charge in [0, 0.05) is 24.9 Å². The Morgan fingerprint density at radius 1 is 0.452 bits per heavy atom. The molecule has 234 valence electrons. The van der Waals surface area contributed by atoms with Crippen molar-refractivity contribution in [1.82, 2.24) is 0 Å². The van der Waals surface area contributed by atoms with Crippen molar-refractivity contribution < 1.29 is 47.4 Å². The molecule has 3 heterocycles. The van der Waals surface area contributed by atoms with Crippen molar-refractivity contribution in [2.75, 3.05) is 99.1 Å². The first-order valence-corrected chi connectivity index (χ1v) is 15.2. The third-order valence-corrected chi connectivity index (χ3v) is 6.52. The standard InChI is InChI=1S/C32H46O10/c1-2-4-6-38-26-28-21-31-24-32(22-28)42-18-14-36-10-8-34-12-16-40-30-20-27(25-37-5-3-1)19-29(23-30)39-15-11-33-7-9-35-13-17-41-31/h19-21,23H,1-18,24-26H2. The lowest BCUT2D eigenvalue weighted by molar-refractivity contribution is 0.0145. The summed E-state index contributed by atoms with van der Waals surface area (Å²) in [6.45, 7) is 7.72. The molecule has 3 aliphatic heterocycles. The lowest BCUT2D eigenvalue weighted by Gasteiger charge is -2.17. The predicted molar refractivity (Wildman–Crippen MR) is 155 cm³/mol. The van der Waals surface area contributed by atoms with Gasteiger partial charge in [0.2, 0.25) is 0 Å². The molecule has 0 spiro atoms. The quantitative estimate of drug-likeness (QED) is 0.321. The van der Waals surface area contributed by atoms with Crippen molar-refractivity contribution in [3.05, 3.63) is 52.7 Å². The fraction of sp³-hybridized carbons (Fsp3) is 0.656. The number of fused-ring (bicyclic) bond motifs is 27. The maximum atomic E-state index is 6.00. The maximum Gasteiger partial charge on any atom is 0.146 e. The van der Waals surface area contributed by atoms with Gasteiger partial charge < -0.3 is 47.4 Å². The molecule has 0 N–H and O–H groups in total. The molecule has 5 rings (SSSR count). The van der Waals surface area contributed by atoms with E-state index in [2.05, 4.69) is 5.73 Å². The van der Waals surface area contributed by atoms with Crippen LogP contribution in [0.25, 0.3) is 0 Å². The lowest BCUT2D eigenvalue weighted by atomic mass is 10.1. The molecule has 1 aromatic rings. The molecule has 4 aliphatic rings. The molecular formula is C32H46O10. The number of rotatable bonds is 0. The molecule has 0 amide bonds. The minimum atomic E-state index is 0.417. The first kappa shape index (κ1) is 32.4. The molecule has 0 aromatic heterocycles. The summed E-state index contributed by atoms with van der Waals surface area (Å²) in [5.74, 6) is 2.96. The molecule has 0 radical (unpaired) electrons. The Kier molecular flexibility index (Phi) is 15.7. The van der Waals surface area contributed by atoms with Gasteiger partial charge in [-0.15, -0.1) is 0 Å². The zero-order valence-corrected chi connectivity index (χ0v) is 24.7. The van der Waals surface area contributed by atoms with Gasteiger partial charge in [-0.05, 0) is 36.6 Å². The molecule has 1 aromatic carbocycles. The highest BCUT2D eigenvalue weighted by molar-refractivity contribution is 5.38. The van der Waals surface area contributed by atoms with Crippen LogP contribution in [0.4, 0.5) is 0 Å². The van der Waals surface area contributed by atoms with Gasteiger partial charge in [0.15, 0.2) is 0 Å². The summed E-state index contributed by atoms with van der Waals surface area (Å²) >= 11 is 0. The van der Waals surface area contributed by atoms with Crippen LogP contribution in [0.1, 0.15) is 37.7 Å². The Labute approximate surface area is 249 Å². The smallest absolute Gasteiger partial charge is 0.146 e. The molecule has 0 fully saturated rings. The van der Waals surface area contributed by atoms with Gasteiger partial charge in [0.1, 0.15) is 49.4 Å². The van der Waals surface area contributed by atoms with E-state index in [1.165, 1.54) is 0 Å². The van der Waals surface area contributed by atoms with Crippen LogP contribution in [-0.4, -0.2) is 99.1 Å². The topological polar surface area (TPSA) is 92.3 Å². The third-order valence-electron chi connectivity index (χ3n) is 6.52. The number of benzene rings is 1. The number of hydrogen-bond acceptors (Lipinski definition) is 10. The second kappa shape index (κ2) is 20.4. The molecule has 10 nitrogen and oxygen atoms in total. The molecule has 10 heteroatoms. The van der Waals surface area contributed by atoms with Crippen LogP contribution < -0.4 is 9.47 Å². The van der Waals surface area contributed by atoms with Crippen molar-refractivity contribution >= 4 is 0 Å². The van der Waals surface area contributed by atoms with Crippen LogP contribution in [0.2, 0.25) is 0 Å². The van der Waals surface area contributed by atoms with Crippen molar-refractivity contribution in [1.29, 1.82) is 0 Å². The summed E-state index contributed by atoms with van der Waals surface area (Å²) < 4.78 is 58.5. The Hall–Kier alpha value is -2.56. The first-order chi connectivity index (χ1) is 20.8. The highest BCUT2D eigenvalue weighted by Gasteiger charge is 2.13. The van der Waals surface area contributed by atoms with Crippen molar-refractivity contribution in [2.24, 2.45) is 0 Å². The van der Waals surface area contributed by atoms with E-state index in [0.717, 1.165) is 59.8 Å². The Morgan fingerprint density at radius 2 is 0.976 bits per heavy atom. The highest BCUT2D eigenvalue weighted by Crippen LogP contribution is 2.24. The zero-order valence-electron chi connectivity index (χ0n) is 24.7. The van der Waals surface area contributed by atoms with Gasteiger partial charge in [-0.25, -0.2) is 0 Å². The maximum absolute atomic E-state index is 6.00. The normalized spacial score (nSPS) is 22.0. The van der Waals surface area contributed by atoms with Gasteiger partial charge in [0.05, 0.1) is 72.5 Å². The van der Waals surface area contributed by atoms with E-state index in [-0.39, 0.29) is 0 Å². The average Bonchev–Trinajstić information content (AvgIpc) is 2.99. The number of ether oxygens (including phenoxy) is 10. The summed E-state index contributed by atoms with van der Waals surface area (Å²) in [6, 6.07) is 5.86. The summed E-state index contributed by atoms with van der Waals surface area (Å²) in [7, 11) is 0. The molecular weight excluding hydrogens is 544 g/mol. The van der Waals surface area contributed by atoms with Crippen LogP contribution in [0.5, 0.6) is 11.5 Å². The summed E-state index contributed by atoms with van der Waals surface area (Å²) in [5, 5.41) is 0. The predicted octanol–water partition coefficient (Wildman–Crippen LogP) is 4.36. The monoisotopic (exact) mass is 590 g/mol. The second-order valence-electron chi connectivity index (χ2n) is 10.0. The van der Waals surface area contributed by atoms with Gasteiger partial charge in [0.25, 0.3) is 0 Å². The highest BCUT2D eigenvalue weighted by atomic mass is 16.6. The van der Waals surface area contributed by atoms with Crippen LogP contribution in [0.15, 0.2) is 47.1 Å². The fourth-order valence-electron chi connectivity index (χ4n) is 4.47. The second-order valence-corrected chi connectivity index (χ2v) is 10.0. The van der Waals surface area contributed by atoms with Crippen LogP contribution >= 0.6 is 0 Å². The molecule has 1 aliphatic carbocycles. The SMILES string of the molecule is C1=C2C=C3CC=1OCCOCCOCCOc1cc(cc(c1)OCCOCCOCCO3)COCCCCCCOC2. The van der Waals surface area contributed by atoms with Gasteiger partial charge in [-0.3, -0.25) is 0 Å². The number of hydrogen-bond donors (Lipinski definition) is 0. The zero-order chi connectivity index (χ0) is 28.9. The van der Waals surface area contributed by atoms with E-state index in [1.807, 2.05) is 24.3 Å². The summed E-state index contributed by atoms with van der Waals surface area (Å²) in [5.41, 5.74) is 5.25. The largest absolute Gasteiger partial charge is 0.495 e. The minimum absolute atomic E-state index is 0.417. The first-order valence-electron chi connectivity index (χ1n) is 15.2. The molecule has 42 heavy (non-hydrogen) atoms. The Balaban J connectivity index is 1.41. The van der Waals surface area contributed by atoms with Gasteiger partial charge in [-0.2, -0.15) is 0 Å². The van der Waals surface area contributed by atoms with Crippen molar-refractivity contribution in [3.63, 3.8) is 0 Å². The molecule has 0 saturated heterocycles. The van der Waals surface area contributed by atoms with Crippen LogP contribution in [-0.2, 0) is 44.5 Å². The van der Waals surface area contributed by atoms with Crippen molar-refractivity contribution in [2.45, 2.75) is 38.7 Å². The van der Waals surface area contributed by atoms with E-state index < -0.39 is 0 Å². The van der Waals surface area contributed by atoms with Gasteiger partial charge >= 0.3 is 0 Å². The third kappa shape index (κ3) is 13.6. The lowest BCUT2D eigenvalue weighted by Crippen LogP contribution is -2.14. The summed E-state index contributed by atoms with van der Waals surface area (Å²) in [6.07, 6.45) is 6.69. The van der Waals surface area contributed by atoms with E-state index in [9.17, 15) is 0 Å². The van der Waals surface area contributed by atoms with Gasteiger partial charge in [-0.1, -0.05) is 18.6 Å².